The Morgan fingerprint density at radius 2 is 2.24 bits per heavy atom. The van der Waals surface area contributed by atoms with Crippen LogP contribution in [0.15, 0.2) is 35.1 Å². The molecule has 3 rings (SSSR count). The Kier molecular flexibility index (Phi) is 3.85. The van der Waals surface area contributed by atoms with Crippen molar-refractivity contribution in [1.82, 2.24) is 14.5 Å². The van der Waals surface area contributed by atoms with Crippen LogP contribution in [0.1, 0.15) is 34.6 Å². The van der Waals surface area contributed by atoms with Crippen molar-refractivity contribution in [3.8, 4) is 0 Å². The van der Waals surface area contributed by atoms with E-state index >= 15 is 0 Å². The van der Waals surface area contributed by atoms with Crippen LogP contribution in [0, 0.1) is 6.92 Å². The molecule has 1 aliphatic rings. The highest BCUT2D eigenvalue weighted by Crippen LogP contribution is 2.31. The molecule has 1 fully saturated rings. The summed E-state index contributed by atoms with van der Waals surface area (Å²) >= 11 is 3.50. The third kappa shape index (κ3) is 2.88. The normalized spacial score (nSPS) is 14.2. The van der Waals surface area contributed by atoms with Gasteiger partial charge >= 0.3 is 0 Å². The lowest BCUT2D eigenvalue weighted by molar-refractivity contribution is 0.0723. The molecule has 1 saturated carbocycles. The molecule has 0 spiro atoms. The minimum atomic E-state index is 0.0966. The molecule has 1 amide bonds. The van der Waals surface area contributed by atoms with Crippen molar-refractivity contribution in [2.45, 2.75) is 32.4 Å². The standard InChI is InChI=1S/C16H18BrN3O/c1-11-13(4-3-5-14(11)17)16(21)20(12-6-7-12)10-15-18-8-9-19(15)2/h3-5,8-9,12H,6-7,10H2,1-2H3. The van der Waals surface area contributed by atoms with E-state index in [-0.39, 0.29) is 5.91 Å². The second kappa shape index (κ2) is 5.64. The summed E-state index contributed by atoms with van der Waals surface area (Å²) in [6.45, 7) is 2.54. The fourth-order valence-corrected chi connectivity index (χ4v) is 2.81. The van der Waals surface area contributed by atoms with Gasteiger partial charge in [0.1, 0.15) is 5.82 Å². The number of benzene rings is 1. The topological polar surface area (TPSA) is 38.1 Å². The van der Waals surface area contributed by atoms with E-state index < -0.39 is 0 Å². The molecule has 0 atom stereocenters. The van der Waals surface area contributed by atoms with E-state index in [0.717, 1.165) is 34.3 Å². The van der Waals surface area contributed by atoms with Gasteiger partial charge in [-0.15, -0.1) is 0 Å². The zero-order valence-corrected chi connectivity index (χ0v) is 13.8. The highest BCUT2D eigenvalue weighted by Gasteiger charge is 2.34. The molecule has 0 aliphatic heterocycles. The van der Waals surface area contributed by atoms with E-state index in [1.807, 2.05) is 47.8 Å². The van der Waals surface area contributed by atoms with Gasteiger partial charge in [-0.05, 0) is 37.5 Å². The molecule has 0 radical (unpaired) electrons. The van der Waals surface area contributed by atoms with Gasteiger partial charge in [0.25, 0.3) is 5.91 Å². The van der Waals surface area contributed by atoms with Crippen LogP contribution in [0.2, 0.25) is 0 Å². The third-order valence-electron chi connectivity index (χ3n) is 3.98. The van der Waals surface area contributed by atoms with Crippen LogP contribution in [0.25, 0.3) is 0 Å². The molecule has 0 saturated heterocycles. The first-order valence-corrected chi connectivity index (χ1v) is 7.89. The molecule has 1 aliphatic carbocycles. The predicted molar refractivity (Wildman–Crippen MR) is 85.0 cm³/mol. The van der Waals surface area contributed by atoms with Crippen molar-refractivity contribution in [3.63, 3.8) is 0 Å². The maximum absolute atomic E-state index is 12.9. The van der Waals surface area contributed by atoms with Crippen LogP contribution in [-0.4, -0.2) is 26.4 Å². The predicted octanol–water partition coefficient (Wildman–Crippen LogP) is 3.30. The molecule has 4 nitrogen and oxygen atoms in total. The van der Waals surface area contributed by atoms with E-state index in [4.69, 9.17) is 0 Å². The van der Waals surface area contributed by atoms with E-state index in [1.54, 1.807) is 6.20 Å². The lowest BCUT2D eigenvalue weighted by atomic mass is 10.1. The number of halogens is 1. The van der Waals surface area contributed by atoms with Crippen molar-refractivity contribution in [1.29, 1.82) is 0 Å². The lowest BCUT2D eigenvalue weighted by Gasteiger charge is -2.23. The van der Waals surface area contributed by atoms with Gasteiger partial charge in [-0.25, -0.2) is 4.98 Å². The van der Waals surface area contributed by atoms with Crippen LogP contribution in [0.5, 0.6) is 0 Å². The molecule has 2 aromatic rings. The zero-order valence-electron chi connectivity index (χ0n) is 12.2. The maximum atomic E-state index is 12.9. The smallest absolute Gasteiger partial charge is 0.254 e. The fraction of sp³-hybridized carbons (Fsp3) is 0.375. The average Bonchev–Trinajstić information content (AvgIpc) is 3.22. The number of imidazole rings is 1. The first kappa shape index (κ1) is 14.3. The van der Waals surface area contributed by atoms with Crippen LogP contribution in [0.4, 0.5) is 0 Å². The first-order valence-electron chi connectivity index (χ1n) is 7.10. The number of nitrogens with zero attached hydrogens (tertiary/aromatic N) is 3. The molecule has 0 bridgehead atoms. The van der Waals surface area contributed by atoms with Gasteiger partial charge in [0.15, 0.2) is 0 Å². The Bertz CT molecular complexity index is 676. The van der Waals surface area contributed by atoms with Gasteiger partial charge in [-0.3, -0.25) is 4.79 Å². The highest BCUT2D eigenvalue weighted by molar-refractivity contribution is 9.10. The van der Waals surface area contributed by atoms with Crippen LogP contribution < -0.4 is 0 Å². The van der Waals surface area contributed by atoms with Crippen molar-refractivity contribution in [3.05, 3.63) is 52.0 Å². The quantitative estimate of drug-likeness (QED) is 0.850. The molecule has 110 valence electrons. The summed E-state index contributed by atoms with van der Waals surface area (Å²) in [6.07, 6.45) is 5.86. The average molecular weight is 348 g/mol. The van der Waals surface area contributed by atoms with Crippen molar-refractivity contribution >= 4 is 21.8 Å². The van der Waals surface area contributed by atoms with Crippen molar-refractivity contribution in [2.24, 2.45) is 7.05 Å². The van der Waals surface area contributed by atoms with Crippen LogP contribution in [0.3, 0.4) is 0 Å². The number of carbonyl (C=O) groups is 1. The van der Waals surface area contributed by atoms with Gasteiger partial charge < -0.3 is 9.47 Å². The molecule has 1 aromatic carbocycles. The number of hydrogen-bond acceptors (Lipinski definition) is 2. The molecule has 1 aromatic heterocycles. The summed E-state index contributed by atoms with van der Waals surface area (Å²) in [5, 5.41) is 0. The number of hydrogen-bond donors (Lipinski definition) is 0. The van der Waals surface area contributed by atoms with Gasteiger partial charge in [0, 0.05) is 35.5 Å². The molecule has 5 heteroatoms. The number of amides is 1. The van der Waals surface area contributed by atoms with Crippen LogP contribution in [-0.2, 0) is 13.6 Å². The fourth-order valence-electron chi connectivity index (χ4n) is 2.45. The van der Waals surface area contributed by atoms with Crippen molar-refractivity contribution in [2.75, 3.05) is 0 Å². The molecular formula is C16H18BrN3O. The van der Waals surface area contributed by atoms with E-state index in [0.29, 0.717) is 12.6 Å². The number of carbonyl (C=O) groups excluding carboxylic acids is 1. The number of aryl methyl sites for hydroxylation is 1. The second-order valence-electron chi connectivity index (χ2n) is 5.53. The van der Waals surface area contributed by atoms with E-state index in [2.05, 4.69) is 20.9 Å². The SMILES string of the molecule is Cc1c(Br)cccc1C(=O)N(Cc1nccn1C)C1CC1. The lowest BCUT2D eigenvalue weighted by Crippen LogP contribution is -2.34. The first-order chi connectivity index (χ1) is 10.1. The summed E-state index contributed by atoms with van der Waals surface area (Å²) in [4.78, 5) is 19.2. The molecule has 0 N–H and O–H groups in total. The maximum Gasteiger partial charge on any atom is 0.254 e. The number of rotatable bonds is 4. The van der Waals surface area contributed by atoms with Gasteiger partial charge in [0.2, 0.25) is 0 Å². The largest absolute Gasteiger partial charge is 0.337 e. The van der Waals surface area contributed by atoms with Crippen molar-refractivity contribution < 1.29 is 4.79 Å². The second-order valence-corrected chi connectivity index (χ2v) is 6.39. The summed E-state index contributed by atoms with van der Waals surface area (Å²) in [5.74, 6) is 1.02. The molecule has 1 heterocycles. The summed E-state index contributed by atoms with van der Waals surface area (Å²) < 4.78 is 2.94. The van der Waals surface area contributed by atoms with Gasteiger partial charge in [-0.2, -0.15) is 0 Å². The van der Waals surface area contributed by atoms with Crippen LogP contribution >= 0.6 is 15.9 Å². The number of aromatic nitrogens is 2. The molecular weight excluding hydrogens is 330 g/mol. The van der Waals surface area contributed by atoms with E-state index in [9.17, 15) is 4.79 Å². The third-order valence-corrected chi connectivity index (χ3v) is 4.84. The minimum absolute atomic E-state index is 0.0966. The Morgan fingerprint density at radius 1 is 1.48 bits per heavy atom. The van der Waals surface area contributed by atoms with Gasteiger partial charge in [-0.1, -0.05) is 22.0 Å². The summed E-state index contributed by atoms with van der Waals surface area (Å²) in [5.41, 5.74) is 1.76. The Morgan fingerprint density at radius 3 is 2.86 bits per heavy atom. The molecule has 0 unspecified atom stereocenters. The minimum Gasteiger partial charge on any atom is -0.337 e. The van der Waals surface area contributed by atoms with E-state index in [1.165, 1.54) is 0 Å². The molecule has 21 heavy (non-hydrogen) atoms. The van der Waals surface area contributed by atoms with Gasteiger partial charge in [0.05, 0.1) is 6.54 Å². The zero-order chi connectivity index (χ0) is 15.0. The summed E-state index contributed by atoms with van der Waals surface area (Å²) in [6, 6.07) is 6.13. The Labute approximate surface area is 132 Å². The summed E-state index contributed by atoms with van der Waals surface area (Å²) in [7, 11) is 1.96. The monoisotopic (exact) mass is 347 g/mol. The Balaban J connectivity index is 1.89. The Hall–Kier alpha value is -1.62. The highest BCUT2D eigenvalue weighted by atomic mass is 79.9.